The second-order valence-corrected chi connectivity index (χ2v) is 6.29. The van der Waals surface area contributed by atoms with Crippen LogP contribution in [-0.2, 0) is 0 Å². The third kappa shape index (κ3) is 4.13. The SMILES string of the molecule is CCCNC(C)c1c(OC)cccc1N(C)C(C)(C)CC. The zero-order chi connectivity index (χ0) is 16.0. The molecule has 1 atom stereocenters. The Labute approximate surface area is 130 Å². The van der Waals surface area contributed by atoms with E-state index in [4.69, 9.17) is 4.74 Å². The van der Waals surface area contributed by atoms with Gasteiger partial charge in [-0.05, 0) is 52.3 Å². The van der Waals surface area contributed by atoms with E-state index in [1.165, 1.54) is 11.3 Å². The maximum Gasteiger partial charge on any atom is 0.125 e. The number of methoxy groups -OCH3 is 1. The molecule has 120 valence electrons. The summed E-state index contributed by atoms with van der Waals surface area (Å²) in [6.07, 6.45) is 2.22. The molecule has 0 amide bonds. The summed E-state index contributed by atoms with van der Waals surface area (Å²) in [4.78, 5) is 2.37. The minimum absolute atomic E-state index is 0.117. The third-order valence-corrected chi connectivity index (χ3v) is 4.53. The molecule has 1 rings (SSSR count). The van der Waals surface area contributed by atoms with Crippen LogP contribution in [0.5, 0.6) is 5.75 Å². The predicted octanol–water partition coefficient (Wildman–Crippen LogP) is 4.38. The highest BCUT2D eigenvalue weighted by molar-refractivity contribution is 5.61. The van der Waals surface area contributed by atoms with Crippen molar-refractivity contribution in [3.63, 3.8) is 0 Å². The van der Waals surface area contributed by atoms with Gasteiger partial charge in [-0.15, -0.1) is 0 Å². The van der Waals surface area contributed by atoms with Crippen LogP contribution in [-0.4, -0.2) is 26.2 Å². The van der Waals surface area contributed by atoms with Crippen molar-refractivity contribution < 1.29 is 4.74 Å². The Morgan fingerprint density at radius 2 is 1.95 bits per heavy atom. The lowest BCUT2D eigenvalue weighted by Crippen LogP contribution is -2.41. The van der Waals surface area contributed by atoms with Crippen LogP contribution >= 0.6 is 0 Å². The highest BCUT2D eigenvalue weighted by Gasteiger charge is 2.26. The Balaban J connectivity index is 3.25. The quantitative estimate of drug-likeness (QED) is 0.769. The number of hydrogen-bond donors (Lipinski definition) is 1. The van der Waals surface area contributed by atoms with Gasteiger partial charge in [-0.1, -0.05) is 19.9 Å². The molecular formula is C18H32N2O. The number of anilines is 1. The van der Waals surface area contributed by atoms with Crippen molar-refractivity contribution in [1.29, 1.82) is 0 Å². The molecule has 0 aromatic heterocycles. The van der Waals surface area contributed by atoms with Crippen molar-refractivity contribution in [3.05, 3.63) is 23.8 Å². The van der Waals surface area contributed by atoms with E-state index in [1.54, 1.807) is 7.11 Å². The standard InChI is InChI=1S/C18H32N2O/c1-8-13-19-14(3)17-15(11-10-12-16(17)21-7)20(6)18(4,5)9-2/h10-12,14,19H,8-9,13H2,1-7H3. The third-order valence-electron chi connectivity index (χ3n) is 4.53. The summed E-state index contributed by atoms with van der Waals surface area (Å²) in [5.41, 5.74) is 2.61. The molecule has 3 nitrogen and oxygen atoms in total. The number of nitrogens with zero attached hydrogens (tertiary/aromatic N) is 1. The van der Waals surface area contributed by atoms with E-state index in [0.29, 0.717) is 0 Å². The van der Waals surface area contributed by atoms with Crippen LogP contribution in [0.25, 0.3) is 0 Å². The number of hydrogen-bond acceptors (Lipinski definition) is 3. The van der Waals surface area contributed by atoms with Gasteiger partial charge in [-0.3, -0.25) is 0 Å². The molecule has 0 bridgehead atoms. The first kappa shape index (κ1) is 17.8. The van der Waals surface area contributed by atoms with Crippen LogP contribution in [0.4, 0.5) is 5.69 Å². The summed E-state index contributed by atoms with van der Waals surface area (Å²) in [6, 6.07) is 6.59. The lowest BCUT2D eigenvalue weighted by Gasteiger charge is -2.39. The topological polar surface area (TPSA) is 24.5 Å². The van der Waals surface area contributed by atoms with Gasteiger partial charge < -0.3 is 15.0 Å². The molecule has 21 heavy (non-hydrogen) atoms. The maximum absolute atomic E-state index is 5.62. The van der Waals surface area contributed by atoms with Gasteiger partial charge in [0.2, 0.25) is 0 Å². The van der Waals surface area contributed by atoms with Crippen LogP contribution < -0.4 is 15.0 Å². The number of ether oxygens (including phenoxy) is 1. The van der Waals surface area contributed by atoms with Crippen LogP contribution in [0.1, 0.15) is 59.1 Å². The van der Waals surface area contributed by atoms with Crippen LogP contribution in [0.3, 0.4) is 0 Å². The van der Waals surface area contributed by atoms with E-state index in [9.17, 15) is 0 Å². The van der Waals surface area contributed by atoms with Crippen LogP contribution in [0.15, 0.2) is 18.2 Å². The summed E-state index contributed by atoms with van der Waals surface area (Å²) >= 11 is 0. The Morgan fingerprint density at radius 3 is 2.48 bits per heavy atom. The molecule has 0 saturated carbocycles. The fourth-order valence-corrected chi connectivity index (χ4v) is 2.46. The lowest BCUT2D eigenvalue weighted by molar-refractivity contribution is 0.399. The average molecular weight is 292 g/mol. The van der Waals surface area contributed by atoms with E-state index in [0.717, 1.165) is 25.1 Å². The van der Waals surface area contributed by atoms with Gasteiger partial charge in [0.1, 0.15) is 5.75 Å². The molecule has 0 aliphatic rings. The van der Waals surface area contributed by atoms with Gasteiger partial charge in [0.25, 0.3) is 0 Å². The first-order valence-electron chi connectivity index (χ1n) is 8.03. The zero-order valence-corrected chi connectivity index (χ0v) is 14.8. The molecule has 1 unspecified atom stereocenters. The predicted molar refractivity (Wildman–Crippen MR) is 92.5 cm³/mol. The van der Waals surface area contributed by atoms with Crippen molar-refractivity contribution in [2.24, 2.45) is 0 Å². The number of nitrogens with one attached hydrogen (secondary N) is 1. The molecule has 0 fully saturated rings. The Kier molecular flexibility index (Phi) is 6.53. The molecule has 0 aliphatic carbocycles. The zero-order valence-electron chi connectivity index (χ0n) is 14.8. The van der Waals surface area contributed by atoms with Crippen molar-refractivity contribution >= 4 is 5.69 Å². The fraction of sp³-hybridized carbons (Fsp3) is 0.667. The largest absolute Gasteiger partial charge is 0.496 e. The highest BCUT2D eigenvalue weighted by Crippen LogP contribution is 2.37. The number of rotatable bonds is 8. The van der Waals surface area contributed by atoms with E-state index >= 15 is 0 Å². The molecule has 1 N–H and O–H groups in total. The first-order valence-corrected chi connectivity index (χ1v) is 8.03. The second kappa shape index (κ2) is 7.69. The Hall–Kier alpha value is -1.22. The van der Waals surface area contributed by atoms with Gasteiger partial charge in [-0.2, -0.15) is 0 Å². The average Bonchev–Trinajstić information content (AvgIpc) is 2.50. The maximum atomic E-state index is 5.62. The molecular weight excluding hydrogens is 260 g/mol. The smallest absolute Gasteiger partial charge is 0.125 e. The molecule has 1 aromatic carbocycles. The molecule has 0 aliphatic heterocycles. The van der Waals surface area contributed by atoms with E-state index in [2.05, 4.69) is 70.1 Å². The van der Waals surface area contributed by atoms with E-state index < -0.39 is 0 Å². The highest BCUT2D eigenvalue weighted by atomic mass is 16.5. The first-order chi connectivity index (χ1) is 9.88. The summed E-state index contributed by atoms with van der Waals surface area (Å²) in [5, 5.41) is 3.58. The Morgan fingerprint density at radius 1 is 1.29 bits per heavy atom. The Bertz CT molecular complexity index is 443. The second-order valence-electron chi connectivity index (χ2n) is 6.29. The molecule has 1 aromatic rings. The van der Waals surface area contributed by atoms with Crippen molar-refractivity contribution in [2.45, 2.75) is 59.0 Å². The molecule has 0 saturated heterocycles. The molecule has 0 heterocycles. The van der Waals surface area contributed by atoms with Crippen LogP contribution in [0.2, 0.25) is 0 Å². The summed E-state index contributed by atoms with van der Waals surface area (Å²) < 4.78 is 5.62. The molecule has 0 radical (unpaired) electrons. The molecule has 3 heteroatoms. The van der Waals surface area contributed by atoms with Gasteiger partial charge in [0, 0.05) is 29.9 Å². The van der Waals surface area contributed by atoms with Gasteiger partial charge in [-0.25, -0.2) is 0 Å². The minimum atomic E-state index is 0.117. The summed E-state index contributed by atoms with van der Waals surface area (Å²) in [5.74, 6) is 0.961. The minimum Gasteiger partial charge on any atom is -0.496 e. The van der Waals surface area contributed by atoms with Crippen LogP contribution in [0, 0.1) is 0 Å². The van der Waals surface area contributed by atoms with E-state index in [1.807, 2.05) is 0 Å². The summed E-state index contributed by atoms with van der Waals surface area (Å²) in [6.45, 7) is 12.2. The summed E-state index contributed by atoms with van der Waals surface area (Å²) in [7, 11) is 3.93. The van der Waals surface area contributed by atoms with Gasteiger partial charge in [0.15, 0.2) is 0 Å². The monoisotopic (exact) mass is 292 g/mol. The van der Waals surface area contributed by atoms with Crippen molar-refractivity contribution in [1.82, 2.24) is 5.32 Å². The van der Waals surface area contributed by atoms with E-state index in [-0.39, 0.29) is 11.6 Å². The van der Waals surface area contributed by atoms with Gasteiger partial charge >= 0.3 is 0 Å². The van der Waals surface area contributed by atoms with Crippen molar-refractivity contribution in [2.75, 3.05) is 25.6 Å². The molecule has 0 spiro atoms. The number of benzene rings is 1. The van der Waals surface area contributed by atoms with Gasteiger partial charge in [0.05, 0.1) is 7.11 Å². The lowest BCUT2D eigenvalue weighted by atomic mass is 9.96. The normalized spacial score (nSPS) is 13.1. The fourth-order valence-electron chi connectivity index (χ4n) is 2.46. The van der Waals surface area contributed by atoms with Crippen molar-refractivity contribution in [3.8, 4) is 5.75 Å².